The molecule has 0 atom stereocenters. The van der Waals surface area contributed by atoms with Crippen LogP contribution in [0, 0.1) is 13.8 Å². The van der Waals surface area contributed by atoms with Gasteiger partial charge in [-0.1, -0.05) is 29.5 Å². The molecule has 2 aromatic carbocycles. The summed E-state index contributed by atoms with van der Waals surface area (Å²) in [5.41, 5.74) is 4.57. The first kappa shape index (κ1) is 12.6. The average Bonchev–Trinajstić information content (AvgIpc) is 2.76. The maximum atomic E-state index is 4.61. The molecular formula is C15H13BrN2S. The quantitative estimate of drug-likeness (QED) is 0.677. The number of anilines is 2. The number of hydrogen-bond donors (Lipinski definition) is 1. The molecule has 0 aliphatic heterocycles. The molecule has 0 amide bonds. The highest BCUT2D eigenvalue weighted by Gasteiger charge is 2.07. The van der Waals surface area contributed by atoms with Gasteiger partial charge >= 0.3 is 0 Å². The van der Waals surface area contributed by atoms with Gasteiger partial charge in [0.1, 0.15) is 0 Å². The predicted octanol–water partition coefficient (Wildman–Crippen LogP) is 5.42. The van der Waals surface area contributed by atoms with Crippen molar-refractivity contribution in [2.75, 3.05) is 5.32 Å². The van der Waals surface area contributed by atoms with Gasteiger partial charge in [-0.05, 0) is 59.1 Å². The maximum absolute atomic E-state index is 4.61. The van der Waals surface area contributed by atoms with Gasteiger partial charge in [-0.15, -0.1) is 0 Å². The van der Waals surface area contributed by atoms with Crippen molar-refractivity contribution < 1.29 is 0 Å². The summed E-state index contributed by atoms with van der Waals surface area (Å²) in [7, 11) is 0. The van der Waals surface area contributed by atoms with Crippen LogP contribution in [0.15, 0.2) is 40.9 Å². The fraction of sp³-hybridized carbons (Fsp3) is 0.133. The van der Waals surface area contributed by atoms with E-state index >= 15 is 0 Å². The highest BCUT2D eigenvalue weighted by molar-refractivity contribution is 9.10. The Morgan fingerprint density at radius 2 is 2.00 bits per heavy atom. The van der Waals surface area contributed by atoms with Crippen molar-refractivity contribution in [3.63, 3.8) is 0 Å². The van der Waals surface area contributed by atoms with Gasteiger partial charge in [-0.3, -0.25) is 0 Å². The van der Waals surface area contributed by atoms with E-state index < -0.39 is 0 Å². The Balaban J connectivity index is 1.99. The van der Waals surface area contributed by atoms with Crippen molar-refractivity contribution in [1.82, 2.24) is 4.98 Å². The lowest BCUT2D eigenvalue weighted by atomic mass is 10.2. The number of hydrogen-bond acceptors (Lipinski definition) is 3. The molecule has 0 bridgehead atoms. The summed E-state index contributed by atoms with van der Waals surface area (Å²) < 4.78 is 2.30. The summed E-state index contributed by atoms with van der Waals surface area (Å²) in [5, 5.41) is 4.31. The second-order valence-electron chi connectivity index (χ2n) is 4.55. The third-order valence-corrected chi connectivity index (χ3v) is 4.96. The lowest BCUT2D eigenvalue weighted by molar-refractivity contribution is 1.39. The molecule has 0 spiro atoms. The van der Waals surface area contributed by atoms with Crippen molar-refractivity contribution in [3.05, 3.63) is 52.0 Å². The Bertz CT molecular complexity index is 749. The van der Waals surface area contributed by atoms with E-state index in [2.05, 4.69) is 70.4 Å². The molecule has 0 saturated carbocycles. The fourth-order valence-electron chi connectivity index (χ4n) is 1.94. The second kappa shape index (κ2) is 4.94. The van der Waals surface area contributed by atoms with Crippen LogP contribution in [-0.4, -0.2) is 4.98 Å². The number of aromatic nitrogens is 1. The van der Waals surface area contributed by atoms with E-state index in [1.165, 1.54) is 15.8 Å². The first-order chi connectivity index (χ1) is 9.13. The summed E-state index contributed by atoms with van der Waals surface area (Å²) >= 11 is 5.29. The van der Waals surface area contributed by atoms with Gasteiger partial charge in [-0.2, -0.15) is 0 Å². The summed E-state index contributed by atoms with van der Waals surface area (Å²) in [4.78, 5) is 4.61. The molecule has 0 aliphatic rings. The molecular weight excluding hydrogens is 320 g/mol. The van der Waals surface area contributed by atoms with Crippen LogP contribution in [-0.2, 0) is 0 Å². The van der Waals surface area contributed by atoms with Gasteiger partial charge in [0.05, 0.1) is 15.9 Å². The normalized spacial score (nSPS) is 10.9. The number of halogens is 1. The van der Waals surface area contributed by atoms with Crippen LogP contribution < -0.4 is 5.32 Å². The van der Waals surface area contributed by atoms with Crippen LogP contribution in [0.2, 0.25) is 0 Å². The van der Waals surface area contributed by atoms with Crippen LogP contribution in [0.25, 0.3) is 10.2 Å². The Hall–Kier alpha value is -1.39. The van der Waals surface area contributed by atoms with Gasteiger partial charge in [0.2, 0.25) is 0 Å². The minimum atomic E-state index is 0.923. The minimum Gasteiger partial charge on any atom is -0.331 e. The molecule has 3 rings (SSSR count). The second-order valence-corrected chi connectivity index (χ2v) is 6.38. The van der Waals surface area contributed by atoms with E-state index in [1.807, 2.05) is 6.07 Å². The number of nitrogens with one attached hydrogen (secondary N) is 1. The van der Waals surface area contributed by atoms with E-state index in [4.69, 9.17) is 0 Å². The van der Waals surface area contributed by atoms with E-state index in [-0.39, 0.29) is 0 Å². The topological polar surface area (TPSA) is 24.9 Å². The highest BCUT2D eigenvalue weighted by Crippen LogP contribution is 2.32. The van der Waals surface area contributed by atoms with Gasteiger partial charge in [-0.25, -0.2) is 4.98 Å². The Kier molecular flexibility index (Phi) is 3.29. The van der Waals surface area contributed by atoms with Crippen LogP contribution in [0.5, 0.6) is 0 Å². The van der Waals surface area contributed by atoms with Gasteiger partial charge in [0, 0.05) is 4.47 Å². The zero-order valence-electron chi connectivity index (χ0n) is 10.7. The number of fused-ring (bicyclic) bond motifs is 1. The Morgan fingerprint density at radius 3 is 2.84 bits per heavy atom. The molecule has 0 fully saturated rings. The standard InChI is InChI=1S/C15H13BrN2S/c1-9-6-7-11-13(8-9)19-15(17-11)18-12-5-3-4-10(2)14(12)16/h3-8H,1-2H3,(H,17,18). The molecule has 19 heavy (non-hydrogen) atoms. The smallest absolute Gasteiger partial charge is 0.188 e. The van der Waals surface area contributed by atoms with E-state index in [0.29, 0.717) is 0 Å². The van der Waals surface area contributed by atoms with Crippen molar-refractivity contribution in [2.45, 2.75) is 13.8 Å². The third-order valence-electron chi connectivity index (χ3n) is 2.98. The molecule has 0 unspecified atom stereocenters. The van der Waals surface area contributed by atoms with E-state index in [0.717, 1.165) is 20.8 Å². The number of aryl methyl sites for hydroxylation is 2. The number of nitrogens with zero attached hydrogens (tertiary/aromatic N) is 1. The maximum Gasteiger partial charge on any atom is 0.188 e. The summed E-state index contributed by atoms with van der Waals surface area (Å²) in [6.45, 7) is 4.18. The highest BCUT2D eigenvalue weighted by atomic mass is 79.9. The van der Waals surface area contributed by atoms with Crippen molar-refractivity contribution >= 4 is 48.3 Å². The molecule has 0 radical (unpaired) electrons. The van der Waals surface area contributed by atoms with Crippen molar-refractivity contribution in [2.24, 2.45) is 0 Å². The summed E-state index contributed by atoms with van der Waals surface area (Å²) in [6, 6.07) is 12.5. The third kappa shape index (κ3) is 2.51. The van der Waals surface area contributed by atoms with Crippen LogP contribution >= 0.6 is 27.3 Å². The zero-order valence-corrected chi connectivity index (χ0v) is 13.1. The van der Waals surface area contributed by atoms with E-state index in [1.54, 1.807) is 11.3 Å². The van der Waals surface area contributed by atoms with Gasteiger partial charge in [0.25, 0.3) is 0 Å². The molecule has 2 nitrogen and oxygen atoms in total. The minimum absolute atomic E-state index is 0.923. The molecule has 1 N–H and O–H groups in total. The molecule has 0 saturated heterocycles. The molecule has 4 heteroatoms. The van der Waals surface area contributed by atoms with Crippen LogP contribution in [0.3, 0.4) is 0 Å². The fourth-order valence-corrected chi connectivity index (χ4v) is 3.28. The molecule has 3 aromatic rings. The SMILES string of the molecule is Cc1ccc2nc(Nc3cccc(C)c3Br)sc2c1. The molecule has 1 heterocycles. The Labute approximate surface area is 124 Å². The summed E-state index contributed by atoms with van der Waals surface area (Å²) in [6.07, 6.45) is 0. The van der Waals surface area contributed by atoms with Crippen molar-refractivity contribution in [1.29, 1.82) is 0 Å². The van der Waals surface area contributed by atoms with Crippen LogP contribution in [0.1, 0.15) is 11.1 Å². The van der Waals surface area contributed by atoms with Gasteiger partial charge < -0.3 is 5.32 Å². The van der Waals surface area contributed by atoms with E-state index in [9.17, 15) is 0 Å². The lowest BCUT2D eigenvalue weighted by Gasteiger charge is -2.07. The monoisotopic (exact) mass is 332 g/mol. The first-order valence-corrected chi connectivity index (χ1v) is 7.64. The number of rotatable bonds is 2. The van der Waals surface area contributed by atoms with Crippen LogP contribution in [0.4, 0.5) is 10.8 Å². The average molecular weight is 333 g/mol. The Morgan fingerprint density at radius 1 is 1.16 bits per heavy atom. The lowest BCUT2D eigenvalue weighted by Crippen LogP contribution is -1.91. The molecule has 0 aliphatic carbocycles. The zero-order chi connectivity index (χ0) is 13.4. The largest absolute Gasteiger partial charge is 0.331 e. The summed E-state index contributed by atoms with van der Waals surface area (Å²) in [5.74, 6) is 0. The number of benzene rings is 2. The first-order valence-electron chi connectivity index (χ1n) is 6.03. The number of thiazole rings is 1. The van der Waals surface area contributed by atoms with Crippen molar-refractivity contribution in [3.8, 4) is 0 Å². The predicted molar refractivity (Wildman–Crippen MR) is 86.5 cm³/mol. The van der Waals surface area contributed by atoms with Gasteiger partial charge in [0.15, 0.2) is 5.13 Å². The molecule has 96 valence electrons. The molecule has 1 aromatic heterocycles.